The zero-order valence-electron chi connectivity index (χ0n) is 15.5. The summed E-state index contributed by atoms with van der Waals surface area (Å²) in [5.74, 6) is 1.41. The maximum Gasteiger partial charge on any atom is 0.233 e. The third-order valence-electron chi connectivity index (χ3n) is 4.48. The van der Waals surface area contributed by atoms with Crippen LogP contribution in [0.15, 0.2) is 35.7 Å². The minimum atomic E-state index is 0.146. The molecule has 1 aliphatic rings. The number of nitrogens with zero attached hydrogens (tertiary/aromatic N) is 5. The van der Waals surface area contributed by atoms with Crippen molar-refractivity contribution < 1.29 is 9.53 Å². The molecule has 0 radical (unpaired) electrons. The van der Waals surface area contributed by atoms with Gasteiger partial charge in [0.05, 0.1) is 18.6 Å². The molecule has 8 heteroatoms. The van der Waals surface area contributed by atoms with Gasteiger partial charge in [0, 0.05) is 32.2 Å². The standard InChI is InChI=1S/C18H25N5O2S/c1-14(2)23-13-19-20-18(23)26-12-17(24)22-10-8-21(9-11-22)15-6-4-5-7-16(15)25-3/h4-7,13-14H,8-12H2,1-3H3. The number of ether oxygens (including phenoxy) is 1. The number of aromatic nitrogens is 3. The number of carbonyl (C=O) groups excluding carboxylic acids is 1. The van der Waals surface area contributed by atoms with Gasteiger partial charge in [0.2, 0.25) is 5.91 Å². The summed E-state index contributed by atoms with van der Waals surface area (Å²) in [5, 5.41) is 8.84. The molecule has 0 atom stereocenters. The quantitative estimate of drug-likeness (QED) is 0.722. The Labute approximate surface area is 158 Å². The Morgan fingerprint density at radius 1 is 1.23 bits per heavy atom. The normalized spacial score (nSPS) is 14.8. The topological polar surface area (TPSA) is 63.5 Å². The van der Waals surface area contributed by atoms with E-state index in [2.05, 4.69) is 35.0 Å². The second kappa shape index (κ2) is 8.44. The van der Waals surface area contributed by atoms with Crippen molar-refractivity contribution in [3.8, 4) is 5.75 Å². The lowest BCUT2D eigenvalue weighted by atomic mass is 10.2. The number of amides is 1. The van der Waals surface area contributed by atoms with E-state index in [-0.39, 0.29) is 11.9 Å². The summed E-state index contributed by atoms with van der Waals surface area (Å²) >= 11 is 1.45. The summed E-state index contributed by atoms with van der Waals surface area (Å²) in [6.45, 7) is 7.19. The van der Waals surface area contributed by atoms with E-state index in [1.807, 2.05) is 27.7 Å². The molecule has 140 valence electrons. The van der Waals surface area contributed by atoms with Crippen LogP contribution in [-0.4, -0.2) is 64.6 Å². The second-order valence-corrected chi connectivity index (χ2v) is 7.39. The minimum Gasteiger partial charge on any atom is -0.495 e. The summed E-state index contributed by atoms with van der Waals surface area (Å²) < 4.78 is 7.43. The number of rotatable bonds is 6. The van der Waals surface area contributed by atoms with Crippen LogP contribution in [0.5, 0.6) is 5.75 Å². The molecule has 26 heavy (non-hydrogen) atoms. The van der Waals surface area contributed by atoms with Crippen molar-refractivity contribution in [1.29, 1.82) is 0 Å². The molecular weight excluding hydrogens is 350 g/mol. The minimum absolute atomic E-state index is 0.146. The number of methoxy groups -OCH3 is 1. The lowest BCUT2D eigenvalue weighted by Gasteiger charge is -2.36. The van der Waals surface area contributed by atoms with E-state index in [9.17, 15) is 4.79 Å². The third-order valence-corrected chi connectivity index (χ3v) is 5.42. The van der Waals surface area contributed by atoms with Crippen LogP contribution in [0.4, 0.5) is 5.69 Å². The van der Waals surface area contributed by atoms with Gasteiger partial charge in [0.1, 0.15) is 12.1 Å². The van der Waals surface area contributed by atoms with E-state index in [4.69, 9.17) is 4.74 Å². The van der Waals surface area contributed by atoms with E-state index in [1.54, 1.807) is 13.4 Å². The fraction of sp³-hybridized carbons (Fsp3) is 0.500. The highest BCUT2D eigenvalue weighted by Crippen LogP contribution is 2.28. The van der Waals surface area contributed by atoms with Gasteiger partial charge in [-0.3, -0.25) is 4.79 Å². The number of anilines is 1. The largest absolute Gasteiger partial charge is 0.495 e. The highest BCUT2D eigenvalue weighted by Gasteiger charge is 2.23. The number of carbonyl (C=O) groups is 1. The summed E-state index contributed by atoms with van der Waals surface area (Å²) in [7, 11) is 1.69. The molecule has 1 amide bonds. The van der Waals surface area contributed by atoms with Crippen LogP contribution in [0.1, 0.15) is 19.9 Å². The molecular formula is C18H25N5O2S. The molecule has 0 N–H and O–H groups in total. The van der Waals surface area contributed by atoms with Gasteiger partial charge in [-0.05, 0) is 26.0 Å². The monoisotopic (exact) mass is 375 g/mol. The predicted molar refractivity (Wildman–Crippen MR) is 103 cm³/mol. The molecule has 1 saturated heterocycles. The number of thioether (sulfide) groups is 1. The Morgan fingerprint density at radius 2 is 1.96 bits per heavy atom. The molecule has 7 nitrogen and oxygen atoms in total. The molecule has 1 aromatic carbocycles. The fourth-order valence-corrected chi connectivity index (χ4v) is 3.94. The molecule has 0 bridgehead atoms. The Balaban J connectivity index is 1.53. The number of piperazine rings is 1. The number of benzene rings is 1. The van der Waals surface area contributed by atoms with Gasteiger partial charge < -0.3 is 19.1 Å². The van der Waals surface area contributed by atoms with Gasteiger partial charge in [-0.15, -0.1) is 10.2 Å². The number of hydrogen-bond acceptors (Lipinski definition) is 6. The van der Waals surface area contributed by atoms with Crippen LogP contribution < -0.4 is 9.64 Å². The van der Waals surface area contributed by atoms with Crippen molar-refractivity contribution in [2.24, 2.45) is 0 Å². The van der Waals surface area contributed by atoms with Gasteiger partial charge in [0.25, 0.3) is 0 Å². The van der Waals surface area contributed by atoms with E-state index in [0.717, 1.165) is 29.7 Å². The lowest BCUT2D eigenvalue weighted by Crippen LogP contribution is -2.49. The van der Waals surface area contributed by atoms with Crippen molar-refractivity contribution in [2.45, 2.75) is 25.0 Å². The first-order valence-electron chi connectivity index (χ1n) is 8.78. The first-order valence-corrected chi connectivity index (χ1v) is 9.76. The third kappa shape index (κ3) is 4.12. The zero-order valence-corrected chi connectivity index (χ0v) is 16.3. The number of hydrogen-bond donors (Lipinski definition) is 0. The van der Waals surface area contributed by atoms with Crippen LogP contribution >= 0.6 is 11.8 Å². The molecule has 0 saturated carbocycles. The van der Waals surface area contributed by atoms with Crippen LogP contribution in [0, 0.1) is 0 Å². The predicted octanol–water partition coefficient (Wildman–Crippen LogP) is 2.31. The molecule has 2 heterocycles. The van der Waals surface area contributed by atoms with Gasteiger partial charge in [0.15, 0.2) is 5.16 Å². The maximum atomic E-state index is 12.5. The van der Waals surface area contributed by atoms with Crippen molar-refractivity contribution in [2.75, 3.05) is 43.9 Å². The van der Waals surface area contributed by atoms with E-state index in [0.29, 0.717) is 18.8 Å². The highest BCUT2D eigenvalue weighted by molar-refractivity contribution is 7.99. The van der Waals surface area contributed by atoms with Gasteiger partial charge in [-0.2, -0.15) is 0 Å². The molecule has 3 rings (SSSR count). The maximum absolute atomic E-state index is 12.5. The van der Waals surface area contributed by atoms with Crippen molar-refractivity contribution in [3.05, 3.63) is 30.6 Å². The van der Waals surface area contributed by atoms with Crippen LogP contribution in [0.2, 0.25) is 0 Å². The van der Waals surface area contributed by atoms with Crippen LogP contribution in [0.3, 0.4) is 0 Å². The average molecular weight is 375 g/mol. The summed E-state index contributed by atoms with van der Waals surface area (Å²) in [6, 6.07) is 8.29. The van der Waals surface area contributed by atoms with E-state index >= 15 is 0 Å². The Morgan fingerprint density at radius 3 is 2.65 bits per heavy atom. The van der Waals surface area contributed by atoms with Gasteiger partial charge >= 0.3 is 0 Å². The Hall–Kier alpha value is -2.22. The van der Waals surface area contributed by atoms with Crippen LogP contribution in [0.25, 0.3) is 0 Å². The molecule has 0 aliphatic carbocycles. The average Bonchev–Trinajstić information content (AvgIpc) is 3.15. The highest BCUT2D eigenvalue weighted by atomic mass is 32.2. The molecule has 0 spiro atoms. The summed E-state index contributed by atoms with van der Waals surface area (Å²) in [4.78, 5) is 16.7. The van der Waals surface area contributed by atoms with Crippen molar-refractivity contribution >= 4 is 23.4 Å². The first kappa shape index (κ1) is 18.6. The Kier molecular flexibility index (Phi) is 6.03. The molecule has 1 aromatic heterocycles. The SMILES string of the molecule is COc1ccccc1N1CCN(C(=O)CSc2nncn2C(C)C)CC1. The lowest BCUT2D eigenvalue weighted by molar-refractivity contribution is -0.128. The molecule has 1 fully saturated rings. The first-order chi connectivity index (χ1) is 12.6. The van der Waals surface area contributed by atoms with Crippen molar-refractivity contribution in [3.63, 3.8) is 0 Å². The number of para-hydroxylation sites is 2. The van der Waals surface area contributed by atoms with E-state index in [1.165, 1.54) is 11.8 Å². The summed E-state index contributed by atoms with van der Waals surface area (Å²) in [6.07, 6.45) is 1.71. The molecule has 2 aromatic rings. The Bertz CT molecular complexity index is 741. The van der Waals surface area contributed by atoms with Gasteiger partial charge in [-0.25, -0.2) is 0 Å². The van der Waals surface area contributed by atoms with Gasteiger partial charge in [-0.1, -0.05) is 23.9 Å². The van der Waals surface area contributed by atoms with E-state index < -0.39 is 0 Å². The zero-order chi connectivity index (χ0) is 18.5. The molecule has 0 unspecified atom stereocenters. The fourth-order valence-electron chi connectivity index (χ4n) is 2.99. The second-order valence-electron chi connectivity index (χ2n) is 6.44. The smallest absolute Gasteiger partial charge is 0.233 e. The molecule has 1 aliphatic heterocycles. The van der Waals surface area contributed by atoms with Crippen LogP contribution in [-0.2, 0) is 4.79 Å². The summed E-state index contributed by atoms with van der Waals surface area (Å²) in [5.41, 5.74) is 1.08. The van der Waals surface area contributed by atoms with Crippen molar-refractivity contribution in [1.82, 2.24) is 19.7 Å².